The molecule has 1 aliphatic rings. The van der Waals surface area contributed by atoms with Gasteiger partial charge in [-0.15, -0.1) is 0 Å². The van der Waals surface area contributed by atoms with E-state index in [9.17, 15) is 13.6 Å². The molecular weight excluding hydrogens is 476 g/mol. The molecule has 1 saturated heterocycles. The van der Waals surface area contributed by atoms with E-state index in [4.69, 9.17) is 4.74 Å². The van der Waals surface area contributed by atoms with Crippen molar-refractivity contribution >= 4 is 0 Å². The molecule has 0 bridgehead atoms. The summed E-state index contributed by atoms with van der Waals surface area (Å²) in [4.78, 5) is 23.7. The van der Waals surface area contributed by atoms with Gasteiger partial charge in [0.05, 0.1) is 31.2 Å². The zero-order valence-electron chi connectivity index (χ0n) is 20.5. The first-order valence-electron chi connectivity index (χ1n) is 12.2. The number of piperidine rings is 1. The van der Waals surface area contributed by atoms with Crippen molar-refractivity contribution in [2.75, 3.05) is 26.7 Å². The van der Waals surface area contributed by atoms with Crippen LogP contribution in [0.2, 0.25) is 0 Å². The highest BCUT2D eigenvalue weighted by atomic mass is 19.1. The van der Waals surface area contributed by atoms with Crippen LogP contribution in [0.5, 0.6) is 5.75 Å². The van der Waals surface area contributed by atoms with Gasteiger partial charge in [-0.1, -0.05) is 18.2 Å². The van der Waals surface area contributed by atoms with Gasteiger partial charge < -0.3 is 9.64 Å². The molecule has 0 unspecified atom stereocenters. The Labute approximate surface area is 213 Å². The van der Waals surface area contributed by atoms with Crippen molar-refractivity contribution in [1.29, 1.82) is 0 Å². The summed E-state index contributed by atoms with van der Waals surface area (Å²) in [6, 6.07) is 13.4. The Morgan fingerprint density at radius 1 is 0.946 bits per heavy atom. The molecule has 0 saturated carbocycles. The highest BCUT2D eigenvalue weighted by Crippen LogP contribution is 2.22. The van der Waals surface area contributed by atoms with E-state index >= 15 is 0 Å². The molecule has 7 nitrogen and oxygen atoms in total. The molecule has 190 valence electrons. The van der Waals surface area contributed by atoms with E-state index in [2.05, 4.69) is 27.0 Å². The molecule has 1 aliphatic heterocycles. The molecule has 0 atom stereocenters. The lowest BCUT2D eigenvalue weighted by Crippen LogP contribution is -2.32. The van der Waals surface area contributed by atoms with Crippen LogP contribution in [0.25, 0.3) is 22.6 Å². The number of aromatic nitrogens is 4. The van der Waals surface area contributed by atoms with Crippen molar-refractivity contribution in [2.24, 2.45) is 5.92 Å². The van der Waals surface area contributed by atoms with Crippen molar-refractivity contribution in [3.8, 4) is 28.4 Å². The van der Waals surface area contributed by atoms with Crippen LogP contribution in [0.4, 0.5) is 8.78 Å². The highest BCUT2D eigenvalue weighted by Gasteiger charge is 2.17. The zero-order valence-corrected chi connectivity index (χ0v) is 20.5. The van der Waals surface area contributed by atoms with Gasteiger partial charge in [0.1, 0.15) is 11.6 Å². The summed E-state index contributed by atoms with van der Waals surface area (Å²) in [6.07, 6.45) is 5.61. The summed E-state index contributed by atoms with van der Waals surface area (Å²) in [5.74, 6) is 0.307. The van der Waals surface area contributed by atoms with Gasteiger partial charge in [0.25, 0.3) is 5.56 Å². The van der Waals surface area contributed by atoms with Gasteiger partial charge in [-0.2, -0.15) is 5.10 Å². The van der Waals surface area contributed by atoms with Crippen LogP contribution >= 0.6 is 0 Å². The molecule has 2 aromatic carbocycles. The second-order valence-electron chi connectivity index (χ2n) is 9.37. The maximum Gasteiger partial charge on any atom is 0.267 e. The minimum absolute atomic E-state index is 0.177. The molecule has 0 aliphatic carbocycles. The molecular formula is C28H27F2N5O2. The first kappa shape index (κ1) is 24.7. The second-order valence-corrected chi connectivity index (χ2v) is 9.37. The van der Waals surface area contributed by atoms with E-state index in [1.54, 1.807) is 12.4 Å². The number of likely N-dealkylation sites (tertiary alicyclic amines) is 1. The Bertz CT molecular complexity index is 1410. The SMILES string of the molecule is CN1CCC(COc2cnc(-c3cccc(Cn4nc(-c5cc(F)cc(F)c5)ccc4=O)c3)nc2)CC1. The predicted molar refractivity (Wildman–Crippen MR) is 136 cm³/mol. The van der Waals surface area contributed by atoms with E-state index in [1.165, 1.54) is 28.9 Å². The normalized spacial score (nSPS) is 14.6. The number of rotatable bonds is 7. The maximum atomic E-state index is 13.7. The van der Waals surface area contributed by atoms with Crippen LogP contribution in [-0.2, 0) is 6.54 Å². The molecule has 5 rings (SSSR count). The van der Waals surface area contributed by atoms with E-state index in [0.717, 1.165) is 43.1 Å². The fourth-order valence-electron chi connectivity index (χ4n) is 4.38. The molecule has 1 fully saturated rings. The number of hydrogen-bond donors (Lipinski definition) is 0. The number of ether oxygens (including phenoxy) is 1. The van der Waals surface area contributed by atoms with Gasteiger partial charge in [0, 0.05) is 23.3 Å². The third-order valence-corrected chi connectivity index (χ3v) is 6.49. The highest BCUT2D eigenvalue weighted by molar-refractivity contribution is 5.58. The lowest BCUT2D eigenvalue weighted by atomic mass is 9.98. The summed E-state index contributed by atoms with van der Waals surface area (Å²) < 4.78 is 34.5. The summed E-state index contributed by atoms with van der Waals surface area (Å²) in [5, 5.41) is 4.32. The molecule has 4 aromatic rings. The summed E-state index contributed by atoms with van der Waals surface area (Å²) in [6.45, 7) is 3.02. The standard InChI is InChI=1S/C28H27F2N5O2/c1-34-9-7-19(8-10-34)18-37-25-15-31-28(32-16-25)21-4-2-3-20(11-21)17-35-27(36)6-5-26(33-35)22-12-23(29)14-24(30)13-22/h2-6,11-16,19H,7-10,17-18H2,1H3. The molecule has 0 N–H and O–H groups in total. The van der Waals surface area contributed by atoms with Crippen molar-refractivity contribution in [3.63, 3.8) is 0 Å². The average molecular weight is 504 g/mol. The van der Waals surface area contributed by atoms with E-state index in [1.807, 2.05) is 24.3 Å². The Morgan fingerprint density at radius 3 is 2.41 bits per heavy atom. The Kier molecular flexibility index (Phi) is 7.32. The van der Waals surface area contributed by atoms with E-state index < -0.39 is 11.6 Å². The Hall–Kier alpha value is -3.98. The zero-order chi connectivity index (χ0) is 25.8. The third kappa shape index (κ3) is 6.24. The molecule has 0 spiro atoms. The van der Waals surface area contributed by atoms with Gasteiger partial charge in [-0.05, 0) is 68.7 Å². The van der Waals surface area contributed by atoms with Gasteiger partial charge in [-0.25, -0.2) is 23.4 Å². The lowest BCUT2D eigenvalue weighted by molar-refractivity contribution is 0.159. The molecule has 0 radical (unpaired) electrons. The molecule has 9 heteroatoms. The Morgan fingerprint density at radius 2 is 1.68 bits per heavy atom. The van der Waals surface area contributed by atoms with Crippen molar-refractivity contribution in [3.05, 3.63) is 94.5 Å². The first-order chi connectivity index (χ1) is 17.9. The maximum absolute atomic E-state index is 13.7. The lowest BCUT2D eigenvalue weighted by Gasteiger charge is -2.28. The van der Waals surface area contributed by atoms with Gasteiger partial charge in [-0.3, -0.25) is 4.79 Å². The minimum Gasteiger partial charge on any atom is -0.490 e. The summed E-state index contributed by atoms with van der Waals surface area (Å²) >= 11 is 0. The van der Waals surface area contributed by atoms with Crippen LogP contribution in [0.3, 0.4) is 0 Å². The number of halogens is 2. The fraction of sp³-hybridized carbons (Fsp3) is 0.286. The molecule has 37 heavy (non-hydrogen) atoms. The first-order valence-corrected chi connectivity index (χ1v) is 12.2. The van der Waals surface area contributed by atoms with E-state index in [-0.39, 0.29) is 17.7 Å². The average Bonchev–Trinajstić information content (AvgIpc) is 2.89. The van der Waals surface area contributed by atoms with Gasteiger partial charge in [0.15, 0.2) is 11.6 Å². The second kappa shape index (κ2) is 11.0. The van der Waals surface area contributed by atoms with Crippen molar-refractivity contribution < 1.29 is 13.5 Å². The molecule has 3 heterocycles. The van der Waals surface area contributed by atoms with Crippen LogP contribution in [0, 0.1) is 17.6 Å². The topological polar surface area (TPSA) is 73.1 Å². The smallest absolute Gasteiger partial charge is 0.267 e. The number of benzene rings is 2. The number of nitrogens with zero attached hydrogens (tertiary/aromatic N) is 5. The van der Waals surface area contributed by atoms with Crippen LogP contribution in [-0.4, -0.2) is 51.4 Å². The predicted octanol–water partition coefficient (Wildman–Crippen LogP) is 4.41. The van der Waals surface area contributed by atoms with Crippen molar-refractivity contribution in [1.82, 2.24) is 24.6 Å². The fourth-order valence-corrected chi connectivity index (χ4v) is 4.38. The van der Waals surface area contributed by atoms with Crippen molar-refractivity contribution in [2.45, 2.75) is 19.4 Å². The minimum atomic E-state index is -0.708. The van der Waals surface area contributed by atoms with Crippen LogP contribution in [0.1, 0.15) is 18.4 Å². The van der Waals surface area contributed by atoms with Gasteiger partial charge in [0.2, 0.25) is 0 Å². The van der Waals surface area contributed by atoms with Gasteiger partial charge >= 0.3 is 0 Å². The molecule has 2 aromatic heterocycles. The summed E-state index contributed by atoms with van der Waals surface area (Å²) in [5.41, 5.74) is 1.82. The largest absolute Gasteiger partial charge is 0.490 e. The quantitative estimate of drug-likeness (QED) is 0.372. The molecule has 0 amide bonds. The number of hydrogen-bond acceptors (Lipinski definition) is 6. The van der Waals surface area contributed by atoms with Crippen LogP contribution < -0.4 is 10.3 Å². The van der Waals surface area contributed by atoms with Crippen LogP contribution in [0.15, 0.2) is 71.8 Å². The summed E-state index contributed by atoms with van der Waals surface area (Å²) in [7, 11) is 2.14. The van der Waals surface area contributed by atoms with E-state index in [0.29, 0.717) is 29.8 Å². The Balaban J connectivity index is 1.28. The third-order valence-electron chi connectivity index (χ3n) is 6.49. The monoisotopic (exact) mass is 503 g/mol.